The average molecular weight is 346 g/mol. The SMILES string of the molecule is O=S(=O)(NCC1CCCCC1CBr)c1ccccc1. The molecule has 0 amide bonds. The van der Waals surface area contributed by atoms with Crippen molar-refractivity contribution < 1.29 is 8.42 Å². The molecule has 0 aromatic heterocycles. The summed E-state index contributed by atoms with van der Waals surface area (Å²) in [5.41, 5.74) is 0. The van der Waals surface area contributed by atoms with E-state index < -0.39 is 10.0 Å². The highest BCUT2D eigenvalue weighted by molar-refractivity contribution is 9.09. The molecule has 0 saturated heterocycles. The second kappa shape index (κ2) is 6.86. The van der Waals surface area contributed by atoms with Gasteiger partial charge >= 0.3 is 0 Å². The Hall–Kier alpha value is -0.390. The van der Waals surface area contributed by atoms with Gasteiger partial charge in [-0.05, 0) is 36.8 Å². The van der Waals surface area contributed by atoms with Gasteiger partial charge in [-0.1, -0.05) is 47.0 Å². The lowest BCUT2D eigenvalue weighted by molar-refractivity contribution is 0.263. The molecule has 1 aromatic carbocycles. The lowest BCUT2D eigenvalue weighted by Crippen LogP contribution is -2.34. The van der Waals surface area contributed by atoms with Gasteiger partial charge in [-0.25, -0.2) is 13.1 Å². The number of hydrogen-bond donors (Lipinski definition) is 1. The standard InChI is InChI=1S/C14H20BrNO2S/c15-10-12-6-4-5-7-13(12)11-16-19(17,18)14-8-2-1-3-9-14/h1-3,8-9,12-13,16H,4-7,10-11H2. The predicted molar refractivity (Wildman–Crippen MR) is 80.9 cm³/mol. The summed E-state index contributed by atoms with van der Waals surface area (Å²) in [7, 11) is -3.36. The summed E-state index contributed by atoms with van der Waals surface area (Å²) < 4.78 is 27.1. The molecule has 0 spiro atoms. The predicted octanol–water partition coefficient (Wildman–Crippen LogP) is 3.17. The van der Waals surface area contributed by atoms with Gasteiger partial charge in [0.1, 0.15) is 0 Å². The van der Waals surface area contributed by atoms with Gasteiger partial charge in [-0.15, -0.1) is 0 Å². The number of sulfonamides is 1. The van der Waals surface area contributed by atoms with E-state index >= 15 is 0 Å². The van der Waals surface area contributed by atoms with Gasteiger partial charge in [0.15, 0.2) is 0 Å². The van der Waals surface area contributed by atoms with Crippen molar-refractivity contribution >= 4 is 26.0 Å². The van der Waals surface area contributed by atoms with Gasteiger partial charge in [0, 0.05) is 11.9 Å². The van der Waals surface area contributed by atoms with Crippen LogP contribution >= 0.6 is 15.9 Å². The van der Waals surface area contributed by atoms with Crippen LogP contribution in [0.25, 0.3) is 0 Å². The van der Waals surface area contributed by atoms with E-state index in [9.17, 15) is 8.42 Å². The summed E-state index contributed by atoms with van der Waals surface area (Å²) in [5.74, 6) is 1.04. The van der Waals surface area contributed by atoms with Crippen LogP contribution in [0.2, 0.25) is 0 Å². The Kier molecular flexibility index (Phi) is 5.42. The molecular weight excluding hydrogens is 326 g/mol. The second-order valence-electron chi connectivity index (χ2n) is 5.12. The summed E-state index contributed by atoms with van der Waals surface area (Å²) in [6.45, 7) is 0.549. The maximum Gasteiger partial charge on any atom is 0.240 e. The van der Waals surface area contributed by atoms with Crippen molar-refractivity contribution in [2.75, 3.05) is 11.9 Å². The highest BCUT2D eigenvalue weighted by atomic mass is 79.9. The minimum Gasteiger partial charge on any atom is -0.211 e. The molecule has 1 aliphatic rings. The summed E-state index contributed by atoms with van der Waals surface area (Å²) in [6.07, 6.45) is 4.79. The molecule has 2 unspecified atom stereocenters. The molecule has 2 rings (SSSR count). The topological polar surface area (TPSA) is 46.2 Å². The normalized spacial score (nSPS) is 24.3. The van der Waals surface area contributed by atoms with Crippen LogP contribution in [0.5, 0.6) is 0 Å². The maximum atomic E-state index is 12.1. The molecule has 1 N–H and O–H groups in total. The zero-order chi connectivity index (χ0) is 13.7. The van der Waals surface area contributed by atoms with E-state index in [4.69, 9.17) is 0 Å². The Morgan fingerprint density at radius 3 is 2.37 bits per heavy atom. The third kappa shape index (κ3) is 4.04. The van der Waals surface area contributed by atoms with Gasteiger partial charge in [0.2, 0.25) is 10.0 Å². The molecule has 106 valence electrons. The minimum absolute atomic E-state index is 0.348. The summed E-state index contributed by atoms with van der Waals surface area (Å²) >= 11 is 3.54. The van der Waals surface area contributed by atoms with Gasteiger partial charge in [0.05, 0.1) is 4.90 Å². The second-order valence-corrected chi connectivity index (χ2v) is 7.54. The van der Waals surface area contributed by atoms with Crippen molar-refractivity contribution in [2.45, 2.75) is 30.6 Å². The molecule has 1 aliphatic carbocycles. The molecule has 19 heavy (non-hydrogen) atoms. The number of hydrogen-bond acceptors (Lipinski definition) is 2. The lowest BCUT2D eigenvalue weighted by Gasteiger charge is -2.30. The first-order chi connectivity index (χ1) is 9.13. The van der Waals surface area contributed by atoms with Crippen molar-refractivity contribution in [2.24, 2.45) is 11.8 Å². The van der Waals surface area contributed by atoms with Crippen LogP contribution in [0, 0.1) is 11.8 Å². The number of nitrogens with one attached hydrogen (secondary N) is 1. The van der Waals surface area contributed by atoms with Crippen LogP contribution < -0.4 is 4.72 Å². The molecule has 5 heteroatoms. The smallest absolute Gasteiger partial charge is 0.211 e. The molecule has 0 heterocycles. The summed E-state index contributed by atoms with van der Waals surface area (Å²) in [5, 5.41) is 0.963. The molecular formula is C14H20BrNO2S. The van der Waals surface area contributed by atoms with E-state index in [1.165, 1.54) is 19.3 Å². The Labute approximate surface area is 124 Å². The van der Waals surface area contributed by atoms with Gasteiger partial charge in [0.25, 0.3) is 0 Å². The molecule has 2 atom stereocenters. The third-order valence-corrected chi connectivity index (χ3v) is 6.12. The average Bonchev–Trinajstić information content (AvgIpc) is 2.46. The molecule has 3 nitrogen and oxygen atoms in total. The zero-order valence-corrected chi connectivity index (χ0v) is 13.3. The molecule has 1 fully saturated rings. The first kappa shape index (κ1) is 15.0. The first-order valence-electron chi connectivity index (χ1n) is 6.74. The number of halogens is 1. The molecule has 1 aromatic rings. The van der Waals surface area contributed by atoms with Crippen LogP contribution in [0.3, 0.4) is 0 Å². The third-order valence-electron chi connectivity index (χ3n) is 3.85. The minimum atomic E-state index is -3.36. The molecule has 0 radical (unpaired) electrons. The van der Waals surface area contributed by atoms with Crippen LogP contribution in [0.15, 0.2) is 35.2 Å². The van der Waals surface area contributed by atoms with Crippen molar-refractivity contribution in [1.29, 1.82) is 0 Å². The van der Waals surface area contributed by atoms with E-state index in [0.29, 0.717) is 23.3 Å². The first-order valence-corrected chi connectivity index (χ1v) is 9.34. The zero-order valence-electron chi connectivity index (χ0n) is 10.9. The number of rotatable bonds is 5. The van der Waals surface area contributed by atoms with E-state index in [-0.39, 0.29) is 0 Å². The van der Waals surface area contributed by atoms with E-state index in [0.717, 1.165) is 11.8 Å². The molecule has 0 bridgehead atoms. The highest BCUT2D eigenvalue weighted by Crippen LogP contribution is 2.31. The Morgan fingerprint density at radius 2 is 1.74 bits per heavy atom. The van der Waals surface area contributed by atoms with Crippen molar-refractivity contribution in [3.8, 4) is 0 Å². The van der Waals surface area contributed by atoms with Crippen molar-refractivity contribution in [3.05, 3.63) is 30.3 Å². The van der Waals surface area contributed by atoms with E-state index in [2.05, 4.69) is 20.7 Å². The molecule has 0 aliphatic heterocycles. The maximum absolute atomic E-state index is 12.1. The van der Waals surface area contributed by atoms with Crippen LogP contribution in [-0.4, -0.2) is 20.3 Å². The Bertz CT molecular complexity index is 489. The highest BCUT2D eigenvalue weighted by Gasteiger charge is 2.25. The fourth-order valence-electron chi connectivity index (χ4n) is 2.66. The van der Waals surface area contributed by atoms with E-state index in [1.54, 1.807) is 24.3 Å². The lowest BCUT2D eigenvalue weighted by atomic mass is 9.80. The molecule has 1 saturated carbocycles. The van der Waals surface area contributed by atoms with Crippen molar-refractivity contribution in [1.82, 2.24) is 4.72 Å². The summed E-state index contributed by atoms with van der Waals surface area (Å²) in [6, 6.07) is 8.57. The number of benzene rings is 1. The summed E-state index contributed by atoms with van der Waals surface area (Å²) in [4.78, 5) is 0.348. The Morgan fingerprint density at radius 1 is 1.11 bits per heavy atom. The van der Waals surface area contributed by atoms with Gasteiger partial charge in [-0.2, -0.15) is 0 Å². The van der Waals surface area contributed by atoms with Crippen LogP contribution in [0.1, 0.15) is 25.7 Å². The van der Waals surface area contributed by atoms with Crippen LogP contribution in [-0.2, 0) is 10.0 Å². The Balaban J connectivity index is 1.98. The monoisotopic (exact) mass is 345 g/mol. The van der Waals surface area contributed by atoms with Crippen molar-refractivity contribution in [3.63, 3.8) is 0 Å². The van der Waals surface area contributed by atoms with Gasteiger partial charge < -0.3 is 0 Å². The number of alkyl halides is 1. The largest absolute Gasteiger partial charge is 0.240 e. The fraction of sp³-hybridized carbons (Fsp3) is 0.571. The quantitative estimate of drug-likeness (QED) is 0.833. The van der Waals surface area contributed by atoms with Crippen LogP contribution in [0.4, 0.5) is 0 Å². The van der Waals surface area contributed by atoms with Gasteiger partial charge in [-0.3, -0.25) is 0 Å². The van der Waals surface area contributed by atoms with E-state index in [1.807, 2.05) is 6.07 Å². The fourth-order valence-corrected chi connectivity index (χ4v) is 4.62.